The van der Waals surface area contributed by atoms with Gasteiger partial charge in [-0.3, -0.25) is 0 Å². The Labute approximate surface area is 113 Å². The Bertz CT molecular complexity index is 462. The fraction of sp³-hybridized carbons (Fsp3) is 0.500. The fourth-order valence-electron chi connectivity index (χ4n) is 1.47. The molecule has 6 heteroatoms. The van der Waals surface area contributed by atoms with Crippen molar-refractivity contribution in [2.45, 2.75) is 18.2 Å². The van der Waals surface area contributed by atoms with E-state index in [1.165, 1.54) is 0 Å². The van der Waals surface area contributed by atoms with Gasteiger partial charge in [0.1, 0.15) is 0 Å². The predicted molar refractivity (Wildman–Crippen MR) is 72.5 cm³/mol. The van der Waals surface area contributed by atoms with Gasteiger partial charge < -0.3 is 4.74 Å². The number of aryl methyl sites for hydroxylation is 1. The van der Waals surface area contributed by atoms with Crippen molar-refractivity contribution < 1.29 is 13.2 Å². The van der Waals surface area contributed by atoms with E-state index in [9.17, 15) is 8.42 Å². The Balaban J connectivity index is 2.44. The third-order valence-corrected chi connectivity index (χ3v) is 4.14. The summed E-state index contributed by atoms with van der Waals surface area (Å²) in [5.41, 5.74) is 0.739. The number of hydrogen-bond acceptors (Lipinski definition) is 3. The zero-order valence-corrected chi connectivity index (χ0v) is 11.9. The van der Waals surface area contributed by atoms with E-state index in [0.29, 0.717) is 37.0 Å². The molecule has 0 radical (unpaired) electrons. The van der Waals surface area contributed by atoms with E-state index in [1.54, 1.807) is 25.1 Å². The molecule has 4 nitrogen and oxygen atoms in total. The minimum Gasteiger partial charge on any atom is -0.380 e. The molecule has 0 amide bonds. The summed E-state index contributed by atoms with van der Waals surface area (Å²) in [7, 11) is -3.42. The van der Waals surface area contributed by atoms with Crippen LogP contribution >= 0.6 is 11.6 Å². The van der Waals surface area contributed by atoms with E-state index in [2.05, 4.69) is 4.72 Å². The zero-order chi connectivity index (χ0) is 13.4. The molecule has 0 heterocycles. The summed E-state index contributed by atoms with van der Waals surface area (Å²) in [6.07, 6.45) is 0.627. The summed E-state index contributed by atoms with van der Waals surface area (Å²) in [5.74, 6) is 0.453. The molecule has 0 saturated carbocycles. The van der Waals surface area contributed by atoms with Crippen molar-refractivity contribution in [1.82, 2.24) is 4.72 Å². The van der Waals surface area contributed by atoms with E-state index < -0.39 is 10.0 Å². The molecule has 0 fully saturated rings. The quantitative estimate of drug-likeness (QED) is 0.588. The molecule has 0 unspecified atom stereocenters. The van der Waals surface area contributed by atoms with Gasteiger partial charge in [-0.15, -0.1) is 11.6 Å². The molecule has 0 atom stereocenters. The fourth-order valence-corrected chi connectivity index (χ4v) is 2.90. The Morgan fingerprint density at radius 1 is 1.28 bits per heavy atom. The van der Waals surface area contributed by atoms with Crippen molar-refractivity contribution in [3.63, 3.8) is 0 Å². The lowest BCUT2D eigenvalue weighted by molar-refractivity contribution is 0.147. The van der Waals surface area contributed by atoms with Gasteiger partial charge in [0.05, 0.1) is 11.5 Å². The first-order chi connectivity index (χ1) is 8.58. The van der Waals surface area contributed by atoms with Crippen molar-refractivity contribution in [2.75, 3.05) is 25.6 Å². The van der Waals surface area contributed by atoms with Crippen LogP contribution in [0.1, 0.15) is 12.0 Å². The second-order valence-corrected chi connectivity index (χ2v) is 5.93. The van der Waals surface area contributed by atoms with Crippen LogP contribution in [0.3, 0.4) is 0 Å². The van der Waals surface area contributed by atoms with Gasteiger partial charge in [0.25, 0.3) is 0 Å². The third kappa shape index (κ3) is 4.94. The van der Waals surface area contributed by atoms with Crippen LogP contribution in [0.2, 0.25) is 0 Å². The van der Waals surface area contributed by atoms with Gasteiger partial charge in [-0.2, -0.15) is 0 Å². The summed E-state index contributed by atoms with van der Waals surface area (Å²) in [5, 5.41) is 0. The van der Waals surface area contributed by atoms with Gasteiger partial charge in [0.2, 0.25) is 10.0 Å². The van der Waals surface area contributed by atoms with E-state index in [1.807, 2.05) is 6.07 Å². The van der Waals surface area contributed by atoms with Crippen LogP contribution in [0.5, 0.6) is 0 Å². The minimum atomic E-state index is -3.42. The number of hydrogen-bond donors (Lipinski definition) is 1. The molecule has 0 aliphatic heterocycles. The number of benzene rings is 1. The molecule has 0 aromatic heterocycles. The van der Waals surface area contributed by atoms with Crippen LogP contribution < -0.4 is 4.72 Å². The van der Waals surface area contributed by atoms with Crippen LogP contribution in [-0.2, 0) is 14.8 Å². The number of alkyl halides is 1. The van der Waals surface area contributed by atoms with Crippen molar-refractivity contribution >= 4 is 21.6 Å². The zero-order valence-electron chi connectivity index (χ0n) is 10.4. The highest BCUT2D eigenvalue weighted by atomic mass is 35.5. The van der Waals surface area contributed by atoms with Gasteiger partial charge in [0.15, 0.2) is 0 Å². The van der Waals surface area contributed by atoms with Crippen molar-refractivity contribution in [3.05, 3.63) is 29.8 Å². The molecular weight excluding hydrogens is 274 g/mol. The van der Waals surface area contributed by atoms with Gasteiger partial charge in [0, 0.05) is 19.0 Å². The Kier molecular flexibility index (Phi) is 6.63. The molecule has 1 N–H and O–H groups in total. The van der Waals surface area contributed by atoms with Crippen LogP contribution in [0.4, 0.5) is 0 Å². The largest absolute Gasteiger partial charge is 0.380 e. The molecule has 0 aliphatic carbocycles. The Morgan fingerprint density at radius 3 is 2.67 bits per heavy atom. The Hall–Kier alpha value is -0.620. The summed E-state index contributed by atoms with van der Waals surface area (Å²) in [6.45, 7) is 3.13. The predicted octanol–water partition coefficient (Wildman–Crippen LogP) is 1.92. The van der Waals surface area contributed by atoms with Crippen LogP contribution in [0.25, 0.3) is 0 Å². The maximum Gasteiger partial charge on any atom is 0.240 e. The van der Waals surface area contributed by atoms with E-state index in [-0.39, 0.29) is 0 Å². The average Bonchev–Trinajstić information content (AvgIpc) is 2.34. The second-order valence-electron chi connectivity index (χ2n) is 3.82. The van der Waals surface area contributed by atoms with Gasteiger partial charge in [-0.25, -0.2) is 13.1 Å². The molecular formula is C12H18ClNO3S. The van der Waals surface area contributed by atoms with Gasteiger partial charge in [-0.05, 0) is 25.0 Å². The summed E-state index contributed by atoms with van der Waals surface area (Å²) >= 11 is 5.45. The molecule has 1 aromatic rings. The number of nitrogens with one attached hydrogen (secondary N) is 1. The van der Waals surface area contributed by atoms with E-state index in [4.69, 9.17) is 16.3 Å². The highest BCUT2D eigenvalue weighted by Gasteiger charge is 2.14. The lowest BCUT2D eigenvalue weighted by Crippen LogP contribution is -2.26. The summed E-state index contributed by atoms with van der Waals surface area (Å²) < 4.78 is 31.7. The van der Waals surface area contributed by atoms with E-state index in [0.717, 1.165) is 5.56 Å². The van der Waals surface area contributed by atoms with Crippen molar-refractivity contribution in [3.8, 4) is 0 Å². The number of ether oxygens (including phenoxy) is 1. The molecule has 102 valence electrons. The lowest BCUT2D eigenvalue weighted by atomic mass is 10.2. The summed E-state index contributed by atoms with van der Waals surface area (Å²) in [4.78, 5) is 0.326. The normalized spacial score (nSPS) is 11.7. The van der Waals surface area contributed by atoms with Crippen LogP contribution in [-0.4, -0.2) is 34.1 Å². The number of halogens is 1. The first kappa shape index (κ1) is 15.4. The lowest BCUT2D eigenvalue weighted by Gasteiger charge is -2.09. The van der Waals surface area contributed by atoms with Crippen LogP contribution in [0, 0.1) is 6.92 Å². The SMILES string of the molecule is Cc1ccccc1S(=O)(=O)NCCCOCCCl. The van der Waals surface area contributed by atoms with Crippen LogP contribution in [0.15, 0.2) is 29.2 Å². The maximum atomic E-state index is 12.0. The molecule has 0 saturated heterocycles. The molecule has 18 heavy (non-hydrogen) atoms. The first-order valence-corrected chi connectivity index (χ1v) is 7.78. The molecule has 0 aliphatic rings. The highest BCUT2D eigenvalue weighted by molar-refractivity contribution is 7.89. The van der Waals surface area contributed by atoms with Crippen molar-refractivity contribution in [1.29, 1.82) is 0 Å². The molecule has 0 spiro atoms. The average molecular weight is 292 g/mol. The summed E-state index contributed by atoms with van der Waals surface area (Å²) in [6, 6.07) is 6.90. The maximum absolute atomic E-state index is 12.0. The molecule has 1 rings (SSSR count). The number of rotatable bonds is 8. The number of sulfonamides is 1. The second kappa shape index (κ2) is 7.74. The third-order valence-electron chi connectivity index (χ3n) is 2.36. The van der Waals surface area contributed by atoms with Gasteiger partial charge >= 0.3 is 0 Å². The monoisotopic (exact) mass is 291 g/mol. The Morgan fingerprint density at radius 2 is 2.00 bits per heavy atom. The smallest absolute Gasteiger partial charge is 0.240 e. The minimum absolute atomic E-state index is 0.326. The van der Waals surface area contributed by atoms with Crippen molar-refractivity contribution in [2.24, 2.45) is 0 Å². The van der Waals surface area contributed by atoms with Gasteiger partial charge in [-0.1, -0.05) is 18.2 Å². The topological polar surface area (TPSA) is 55.4 Å². The molecule has 1 aromatic carbocycles. The molecule has 0 bridgehead atoms. The van der Waals surface area contributed by atoms with E-state index >= 15 is 0 Å². The highest BCUT2D eigenvalue weighted by Crippen LogP contribution is 2.13. The first-order valence-electron chi connectivity index (χ1n) is 5.77. The standard InChI is InChI=1S/C12H18ClNO3S/c1-11-5-2-3-6-12(11)18(15,16)14-8-4-9-17-10-7-13/h2-3,5-6,14H,4,7-10H2,1H3.